The molecule has 0 spiro atoms. The molecule has 1 aliphatic rings. The normalized spacial score (nSPS) is 26.6. The number of alkyl halides is 3. The number of aryl methyl sites for hydroxylation is 1. The minimum Gasteiger partial charge on any atom is -0.393 e. The molecule has 1 aromatic rings. The molecule has 1 aliphatic carbocycles. The standard InChI is InChI=1S/C24H33F3O2/c1-3-4-5-6-10-20-21(23(29)16-22(20)28)14-12-17(2)11-13-18-8-7-9-19(15-18)24(25,26)27/h5-9,12,14-15,17,20-23,28-29H,3-4,10-11,13,16H2,1-2H3/b6-5-,14-12+/t17-,20+,21+,22-,23+/m0/s1. The third-order valence-electron chi connectivity index (χ3n) is 5.75. The van der Waals surface area contributed by atoms with Gasteiger partial charge in [0.25, 0.3) is 0 Å². The monoisotopic (exact) mass is 410 g/mol. The zero-order chi connectivity index (χ0) is 21.4. The summed E-state index contributed by atoms with van der Waals surface area (Å²) in [4.78, 5) is 0. The van der Waals surface area contributed by atoms with Gasteiger partial charge in [0, 0.05) is 12.3 Å². The molecule has 0 saturated heterocycles. The van der Waals surface area contributed by atoms with Gasteiger partial charge in [0.15, 0.2) is 0 Å². The van der Waals surface area contributed by atoms with Crippen molar-refractivity contribution in [3.8, 4) is 0 Å². The molecular weight excluding hydrogens is 377 g/mol. The maximum absolute atomic E-state index is 12.8. The highest BCUT2D eigenvalue weighted by Gasteiger charge is 2.39. The van der Waals surface area contributed by atoms with Crippen molar-refractivity contribution in [2.24, 2.45) is 17.8 Å². The number of benzene rings is 1. The van der Waals surface area contributed by atoms with E-state index in [1.54, 1.807) is 6.07 Å². The topological polar surface area (TPSA) is 40.5 Å². The number of aliphatic hydroxyl groups excluding tert-OH is 2. The number of rotatable bonds is 9. The molecule has 5 heteroatoms. The van der Waals surface area contributed by atoms with Crippen LogP contribution in [-0.2, 0) is 12.6 Å². The average molecular weight is 411 g/mol. The lowest BCUT2D eigenvalue weighted by Gasteiger charge is -2.20. The highest BCUT2D eigenvalue weighted by Crippen LogP contribution is 2.36. The fourth-order valence-electron chi connectivity index (χ4n) is 3.96. The summed E-state index contributed by atoms with van der Waals surface area (Å²) in [5, 5.41) is 20.6. The molecule has 0 aliphatic heterocycles. The van der Waals surface area contributed by atoms with Crippen molar-refractivity contribution in [3.63, 3.8) is 0 Å². The summed E-state index contributed by atoms with van der Waals surface area (Å²) in [6.45, 7) is 4.14. The number of hydrogen-bond donors (Lipinski definition) is 2. The number of hydrogen-bond acceptors (Lipinski definition) is 2. The van der Waals surface area contributed by atoms with Gasteiger partial charge in [-0.25, -0.2) is 0 Å². The molecule has 2 rings (SSSR count). The molecule has 1 aromatic carbocycles. The van der Waals surface area contributed by atoms with Gasteiger partial charge in [-0.1, -0.05) is 62.8 Å². The highest BCUT2D eigenvalue weighted by molar-refractivity contribution is 5.25. The van der Waals surface area contributed by atoms with Crippen molar-refractivity contribution < 1.29 is 23.4 Å². The summed E-state index contributed by atoms with van der Waals surface area (Å²) in [5.41, 5.74) is 0.0653. The fraction of sp³-hybridized carbons (Fsp3) is 0.583. The van der Waals surface area contributed by atoms with Gasteiger partial charge in [-0.2, -0.15) is 13.2 Å². The Balaban J connectivity index is 1.92. The third-order valence-corrected chi connectivity index (χ3v) is 5.75. The Kier molecular flexibility index (Phi) is 8.97. The molecule has 0 heterocycles. The molecule has 1 saturated carbocycles. The maximum Gasteiger partial charge on any atom is 0.416 e. The first-order valence-corrected chi connectivity index (χ1v) is 10.6. The molecule has 5 atom stereocenters. The molecule has 162 valence electrons. The van der Waals surface area contributed by atoms with E-state index in [0.717, 1.165) is 31.7 Å². The Morgan fingerprint density at radius 3 is 2.62 bits per heavy atom. The summed E-state index contributed by atoms with van der Waals surface area (Å²) in [6.07, 6.45) is 7.37. The van der Waals surface area contributed by atoms with Crippen molar-refractivity contribution >= 4 is 0 Å². The second-order valence-corrected chi connectivity index (χ2v) is 8.21. The van der Waals surface area contributed by atoms with E-state index in [9.17, 15) is 23.4 Å². The average Bonchev–Trinajstić information content (AvgIpc) is 2.94. The molecule has 2 N–H and O–H groups in total. The van der Waals surface area contributed by atoms with E-state index in [2.05, 4.69) is 19.1 Å². The van der Waals surface area contributed by atoms with Crippen molar-refractivity contribution in [3.05, 3.63) is 59.7 Å². The first kappa shape index (κ1) is 23.7. The minimum atomic E-state index is -4.32. The molecule has 0 aromatic heterocycles. The fourth-order valence-corrected chi connectivity index (χ4v) is 3.96. The van der Waals surface area contributed by atoms with Crippen LogP contribution < -0.4 is 0 Å². The van der Waals surface area contributed by atoms with Gasteiger partial charge in [0.2, 0.25) is 0 Å². The second kappa shape index (κ2) is 11.0. The second-order valence-electron chi connectivity index (χ2n) is 8.21. The predicted molar refractivity (Wildman–Crippen MR) is 110 cm³/mol. The van der Waals surface area contributed by atoms with E-state index in [1.165, 1.54) is 12.1 Å². The van der Waals surface area contributed by atoms with E-state index < -0.39 is 23.9 Å². The lowest BCUT2D eigenvalue weighted by Crippen LogP contribution is -2.20. The van der Waals surface area contributed by atoms with E-state index >= 15 is 0 Å². The van der Waals surface area contributed by atoms with Gasteiger partial charge in [-0.05, 0) is 49.1 Å². The van der Waals surface area contributed by atoms with E-state index in [-0.39, 0.29) is 17.8 Å². The van der Waals surface area contributed by atoms with Crippen LogP contribution in [-0.4, -0.2) is 22.4 Å². The van der Waals surface area contributed by atoms with Gasteiger partial charge in [-0.3, -0.25) is 0 Å². The van der Waals surface area contributed by atoms with Crippen molar-refractivity contribution in [2.45, 2.75) is 70.8 Å². The van der Waals surface area contributed by atoms with E-state index in [0.29, 0.717) is 18.4 Å². The molecule has 0 bridgehead atoms. The number of unbranched alkanes of at least 4 members (excludes halogenated alkanes) is 1. The number of allylic oxidation sites excluding steroid dienone is 3. The molecular formula is C24H33F3O2. The van der Waals surface area contributed by atoms with Gasteiger partial charge in [0.1, 0.15) is 0 Å². The lowest BCUT2D eigenvalue weighted by atomic mass is 9.88. The quantitative estimate of drug-likeness (QED) is 0.495. The first-order valence-electron chi connectivity index (χ1n) is 10.6. The van der Waals surface area contributed by atoms with E-state index in [4.69, 9.17) is 0 Å². The van der Waals surface area contributed by atoms with Crippen LogP contribution in [0.4, 0.5) is 13.2 Å². The van der Waals surface area contributed by atoms with Crippen LogP contribution in [0.15, 0.2) is 48.6 Å². The van der Waals surface area contributed by atoms with Crippen LogP contribution in [0, 0.1) is 17.8 Å². The SMILES string of the molecule is CCC/C=C\C[C@@H]1[C@@H](/C=C/[C@@H](C)CCc2cccc(C(F)(F)F)c2)[C@H](O)C[C@@H]1O. The molecule has 1 fully saturated rings. The molecule has 29 heavy (non-hydrogen) atoms. The van der Waals surface area contributed by atoms with Crippen molar-refractivity contribution in [2.75, 3.05) is 0 Å². The largest absolute Gasteiger partial charge is 0.416 e. The Morgan fingerprint density at radius 2 is 1.93 bits per heavy atom. The molecule has 0 radical (unpaired) electrons. The van der Waals surface area contributed by atoms with Gasteiger partial charge in [-0.15, -0.1) is 0 Å². The van der Waals surface area contributed by atoms with E-state index in [1.807, 2.05) is 19.1 Å². The van der Waals surface area contributed by atoms with Gasteiger partial charge >= 0.3 is 6.18 Å². The van der Waals surface area contributed by atoms with Crippen LogP contribution in [0.1, 0.15) is 57.1 Å². The predicted octanol–water partition coefficient (Wildman–Crippen LogP) is 5.93. The summed E-state index contributed by atoms with van der Waals surface area (Å²) in [5.74, 6) is 0.0862. The number of aliphatic hydroxyl groups is 2. The molecule has 2 nitrogen and oxygen atoms in total. The van der Waals surface area contributed by atoms with Crippen LogP contribution in [0.5, 0.6) is 0 Å². The molecule has 0 unspecified atom stereocenters. The first-order chi connectivity index (χ1) is 13.7. The van der Waals surface area contributed by atoms with Crippen LogP contribution >= 0.6 is 0 Å². The van der Waals surface area contributed by atoms with Crippen LogP contribution in [0.2, 0.25) is 0 Å². The van der Waals surface area contributed by atoms with Crippen LogP contribution in [0.25, 0.3) is 0 Å². The Bertz CT molecular complexity index is 681. The maximum atomic E-state index is 12.8. The lowest BCUT2D eigenvalue weighted by molar-refractivity contribution is -0.137. The third kappa shape index (κ3) is 7.31. The minimum absolute atomic E-state index is 0.00465. The van der Waals surface area contributed by atoms with Crippen molar-refractivity contribution in [1.29, 1.82) is 0 Å². The Morgan fingerprint density at radius 1 is 1.17 bits per heavy atom. The van der Waals surface area contributed by atoms with Gasteiger partial charge < -0.3 is 10.2 Å². The Hall–Kier alpha value is -1.59. The summed E-state index contributed by atoms with van der Waals surface area (Å²) in [6, 6.07) is 5.48. The van der Waals surface area contributed by atoms with Gasteiger partial charge in [0.05, 0.1) is 17.8 Å². The van der Waals surface area contributed by atoms with Crippen molar-refractivity contribution in [1.82, 2.24) is 0 Å². The Labute approximate surface area is 172 Å². The van der Waals surface area contributed by atoms with Crippen LogP contribution in [0.3, 0.4) is 0 Å². The highest BCUT2D eigenvalue weighted by atomic mass is 19.4. The smallest absolute Gasteiger partial charge is 0.393 e. The zero-order valence-electron chi connectivity index (χ0n) is 17.3. The summed E-state index contributed by atoms with van der Waals surface area (Å²) >= 11 is 0. The summed E-state index contributed by atoms with van der Waals surface area (Å²) in [7, 11) is 0. The molecule has 0 amide bonds. The summed E-state index contributed by atoms with van der Waals surface area (Å²) < 4.78 is 38.5. The number of halogens is 3. The zero-order valence-corrected chi connectivity index (χ0v) is 17.3.